The fourth-order valence-corrected chi connectivity index (χ4v) is 3.20. The van der Waals surface area contributed by atoms with Gasteiger partial charge in [0.05, 0.1) is 32.9 Å². The van der Waals surface area contributed by atoms with Gasteiger partial charge in [-0.25, -0.2) is 4.79 Å². The molecule has 2 aromatic rings. The number of methoxy groups -OCH3 is 2. The van der Waals surface area contributed by atoms with Crippen molar-refractivity contribution in [2.75, 3.05) is 20.8 Å². The zero-order chi connectivity index (χ0) is 18.8. The highest BCUT2D eigenvalue weighted by Crippen LogP contribution is 2.39. The molecule has 2 aromatic carbocycles. The number of aliphatic hydroxyl groups excluding tert-OH is 1. The number of fused-ring (bicyclic) bond motifs is 1. The summed E-state index contributed by atoms with van der Waals surface area (Å²) in [6.45, 7) is 0.301. The summed E-state index contributed by atoms with van der Waals surface area (Å²) in [5, 5.41) is 19.7. The lowest BCUT2D eigenvalue weighted by molar-refractivity contribution is 0.0538. The molecule has 0 saturated heterocycles. The van der Waals surface area contributed by atoms with E-state index in [1.165, 1.54) is 37.3 Å². The average Bonchev–Trinajstić information content (AvgIpc) is 2.66. The maximum Gasteiger partial charge on any atom is 0.335 e. The molecule has 1 aliphatic heterocycles. The molecule has 1 heterocycles. The Morgan fingerprint density at radius 2 is 1.73 bits per heavy atom. The van der Waals surface area contributed by atoms with Crippen molar-refractivity contribution in [2.45, 2.75) is 12.6 Å². The number of benzene rings is 2. The van der Waals surface area contributed by atoms with Crippen LogP contribution >= 0.6 is 0 Å². The molecule has 26 heavy (non-hydrogen) atoms. The highest BCUT2D eigenvalue weighted by atomic mass is 16.5. The van der Waals surface area contributed by atoms with Gasteiger partial charge in [-0.1, -0.05) is 6.07 Å². The van der Waals surface area contributed by atoms with Crippen LogP contribution < -0.4 is 9.47 Å². The number of amides is 1. The number of carboxylic acids is 1. The molecule has 0 aromatic heterocycles. The Hall–Kier alpha value is -3.06. The first-order chi connectivity index (χ1) is 12.5. The molecule has 1 unspecified atom stereocenters. The predicted molar refractivity (Wildman–Crippen MR) is 92.6 cm³/mol. The molecule has 136 valence electrons. The number of hydrogen-bond acceptors (Lipinski definition) is 5. The number of aromatic carboxylic acids is 1. The Labute approximate surface area is 150 Å². The van der Waals surface area contributed by atoms with E-state index < -0.39 is 12.1 Å². The highest BCUT2D eigenvalue weighted by Gasteiger charge is 2.32. The number of β-amino-alcohol motifs (C(OH)–C–C–N with tert-alkyl or cyclic N) is 1. The van der Waals surface area contributed by atoms with Crippen LogP contribution in [0.3, 0.4) is 0 Å². The smallest absolute Gasteiger partial charge is 0.335 e. The molecule has 7 heteroatoms. The molecule has 0 spiro atoms. The average molecular weight is 357 g/mol. The first-order valence-electron chi connectivity index (χ1n) is 8.00. The van der Waals surface area contributed by atoms with Gasteiger partial charge in [0.1, 0.15) is 17.6 Å². The van der Waals surface area contributed by atoms with E-state index >= 15 is 0 Å². The largest absolute Gasteiger partial charge is 0.496 e. The minimum atomic E-state index is -1.10. The van der Waals surface area contributed by atoms with Gasteiger partial charge in [0.2, 0.25) is 0 Å². The number of carboxylic acid groups (broad SMARTS) is 1. The van der Waals surface area contributed by atoms with E-state index in [-0.39, 0.29) is 30.1 Å². The van der Waals surface area contributed by atoms with Gasteiger partial charge in [-0.15, -0.1) is 0 Å². The molecule has 0 saturated carbocycles. The molecular weight excluding hydrogens is 338 g/mol. The second-order valence-corrected chi connectivity index (χ2v) is 5.95. The van der Waals surface area contributed by atoms with Crippen molar-refractivity contribution < 1.29 is 29.3 Å². The first-order valence-corrected chi connectivity index (χ1v) is 8.00. The van der Waals surface area contributed by atoms with Gasteiger partial charge in [0.15, 0.2) is 0 Å². The normalized spacial score (nSPS) is 16.0. The Balaban J connectivity index is 1.97. The fourth-order valence-electron chi connectivity index (χ4n) is 3.20. The summed E-state index contributed by atoms with van der Waals surface area (Å²) in [7, 11) is 3.04. The minimum absolute atomic E-state index is 0.0352. The molecule has 0 fully saturated rings. The number of nitrogens with zero attached hydrogens (tertiary/aromatic N) is 1. The van der Waals surface area contributed by atoms with Crippen molar-refractivity contribution in [3.63, 3.8) is 0 Å². The summed E-state index contributed by atoms with van der Waals surface area (Å²) in [6.07, 6.45) is -0.935. The third-order valence-electron chi connectivity index (χ3n) is 4.43. The Morgan fingerprint density at radius 3 is 2.38 bits per heavy atom. The Morgan fingerprint density at radius 1 is 1.08 bits per heavy atom. The van der Waals surface area contributed by atoms with Gasteiger partial charge in [0, 0.05) is 16.7 Å². The second-order valence-electron chi connectivity index (χ2n) is 5.95. The number of aliphatic hydroxyl groups is 1. The van der Waals surface area contributed by atoms with Gasteiger partial charge in [-0.3, -0.25) is 4.79 Å². The van der Waals surface area contributed by atoms with E-state index in [1.54, 1.807) is 18.2 Å². The summed E-state index contributed by atoms with van der Waals surface area (Å²) in [4.78, 5) is 25.4. The van der Waals surface area contributed by atoms with E-state index in [0.29, 0.717) is 22.6 Å². The van der Waals surface area contributed by atoms with E-state index in [0.717, 1.165) is 0 Å². The van der Waals surface area contributed by atoms with E-state index in [9.17, 15) is 14.7 Å². The quantitative estimate of drug-likeness (QED) is 0.870. The molecular formula is C19H19NO6. The Kier molecular flexibility index (Phi) is 4.81. The molecule has 7 nitrogen and oxygen atoms in total. The highest BCUT2D eigenvalue weighted by molar-refractivity contribution is 5.97. The van der Waals surface area contributed by atoms with Crippen molar-refractivity contribution in [1.29, 1.82) is 0 Å². The van der Waals surface area contributed by atoms with Crippen LogP contribution in [0.4, 0.5) is 0 Å². The van der Waals surface area contributed by atoms with E-state index in [1.807, 2.05) is 0 Å². The number of carbonyl (C=O) groups is 2. The lowest BCUT2D eigenvalue weighted by Crippen LogP contribution is -2.38. The minimum Gasteiger partial charge on any atom is -0.496 e. The van der Waals surface area contributed by atoms with Crippen molar-refractivity contribution in [2.24, 2.45) is 0 Å². The summed E-state index contributed by atoms with van der Waals surface area (Å²) in [5.74, 6) is -0.373. The molecule has 0 bridgehead atoms. The zero-order valence-corrected chi connectivity index (χ0v) is 14.4. The number of rotatable bonds is 4. The van der Waals surface area contributed by atoms with Crippen LogP contribution in [0.1, 0.15) is 37.9 Å². The molecule has 2 N–H and O–H groups in total. The number of hydrogen-bond donors (Lipinski definition) is 2. The van der Waals surface area contributed by atoms with Crippen LogP contribution in [0, 0.1) is 0 Å². The lowest BCUT2D eigenvalue weighted by Gasteiger charge is -2.34. The first kappa shape index (κ1) is 17.8. The van der Waals surface area contributed by atoms with Crippen molar-refractivity contribution >= 4 is 11.9 Å². The zero-order valence-electron chi connectivity index (χ0n) is 14.4. The standard InChI is InChI=1S/C19H19NO6/c1-25-15-6-7-16(26-2)17-13(15)9-20(10-14(17)21)18(22)11-4-3-5-12(8-11)19(23)24/h3-8,14,21H,9-10H2,1-2H3,(H,23,24). The van der Waals surface area contributed by atoms with Crippen LogP contribution in [-0.4, -0.2) is 47.8 Å². The molecule has 0 aliphatic carbocycles. The van der Waals surface area contributed by atoms with Crippen molar-refractivity contribution in [1.82, 2.24) is 4.90 Å². The maximum atomic E-state index is 12.8. The van der Waals surface area contributed by atoms with Gasteiger partial charge < -0.3 is 24.6 Å². The van der Waals surface area contributed by atoms with Gasteiger partial charge in [-0.2, -0.15) is 0 Å². The Bertz CT molecular complexity index is 863. The third kappa shape index (κ3) is 3.09. The number of carbonyl (C=O) groups excluding carboxylic acids is 1. The van der Waals surface area contributed by atoms with Crippen molar-refractivity contribution in [3.05, 3.63) is 58.7 Å². The molecule has 3 rings (SSSR count). The summed E-state index contributed by atoms with van der Waals surface area (Å²) in [5.41, 5.74) is 1.57. The summed E-state index contributed by atoms with van der Waals surface area (Å²) in [6, 6.07) is 9.27. The van der Waals surface area contributed by atoms with Crippen molar-refractivity contribution in [3.8, 4) is 11.5 Å². The molecule has 1 amide bonds. The van der Waals surface area contributed by atoms with Crippen LogP contribution in [0.2, 0.25) is 0 Å². The monoisotopic (exact) mass is 357 g/mol. The second kappa shape index (κ2) is 7.05. The van der Waals surface area contributed by atoms with E-state index in [4.69, 9.17) is 14.6 Å². The molecule has 1 atom stereocenters. The summed E-state index contributed by atoms with van der Waals surface area (Å²) < 4.78 is 10.7. The third-order valence-corrected chi connectivity index (χ3v) is 4.43. The number of ether oxygens (including phenoxy) is 2. The molecule has 0 radical (unpaired) electrons. The van der Waals surface area contributed by atoms with Crippen LogP contribution in [0.15, 0.2) is 36.4 Å². The lowest BCUT2D eigenvalue weighted by atomic mass is 9.94. The van der Waals surface area contributed by atoms with Gasteiger partial charge in [-0.05, 0) is 30.3 Å². The SMILES string of the molecule is COc1ccc(OC)c2c1CN(C(=O)c1cccc(C(=O)O)c1)CC2O. The topological polar surface area (TPSA) is 96.3 Å². The molecule has 1 aliphatic rings. The van der Waals surface area contributed by atoms with Gasteiger partial charge >= 0.3 is 5.97 Å². The summed E-state index contributed by atoms with van der Waals surface area (Å²) >= 11 is 0. The van der Waals surface area contributed by atoms with Gasteiger partial charge in [0.25, 0.3) is 5.91 Å². The fraction of sp³-hybridized carbons (Fsp3) is 0.263. The van der Waals surface area contributed by atoms with Crippen LogP contribution in [0.25, 0.3) is 0 Å². The predicted octanol–water partition coefficient (Wildman–Crippen LogP) is 2.09. The maximum absolute atomic E-state index is 12.8. The van der Waals surface area contributed by atoms with Crippen LogP contribution in [0.5, 0.6) is 11.5 Å². The van der Waals surface area contributed by atoms with E-state index in [2.05, 4.69) is 0 Å². The van der Waals surface area contributed by atoms with Crippen LogP contribution in [-0.2, 0) is 6.54 Å².